The van der Waals surface area contributed by atoms with Gasteiger partial charge in [0.15, 0.2) is 0 Å². The van der Waals surface area contributed by atoms with Gasteiger partial charge in [-0.15, -0.1) is 5.10 Å². The van der Waals surface area contributed by atoms with Crippen LogP contribution in [0.1, 0.15) is 30.9 Å². The van der Waals surface area contributed by atoms with Crippen molar-refractivity contribution in [3.8, 4) is 5.69 Å². The van der Waals surface area contributed by atoms with Gasteiger partial charge >= 0.3 is 0 Å². The highest BCUT2D eigenvalue weighted by atomic mass is 32.2. The maximum Gasteiger partial charge on any atom is 0.230 e. The number of rotatable bonds is 11. The molecular weight excluding hydrogens is 448 g/mol. The van der Waals surface area contributed by atoms with E-state index in [2.05, 4.69) is 69.1 Å². The molecule has 0 aliphatic carbocycles. The number of morpholine rings is 1. The van der Waals surface area contributed by atoms with Gasteiger partial charge in [-0.25, -0.2) is 0 Å². The zero-order valence-electron chi connectivity index (χ0n) is 19.6. The lowest BCUT2D eigenvalue weighted by Crippen LogP contribution is -2.47. The molecule has 1 fully saturated rings. The van der Waals surface area contributed by atoms with Gasteiger partial charge in [0.05, 0.1) is 24.2 Å². The number of carbonyl (C=O) groups excluding carboxylic acids is 1. The number of benzene rings is 2. The van der Waals surface area contributed by atoms with Crippen molar-refractivity contribution in [2.45, 2.75) is 44.0 Å². The number of unbranched alkanes of at least 4 members (excludes halogenated alkanes) is 1. The zero-order valence-corrected chi connectivity index (χ0v) is 20.4. The summed E-state index contributed by atoms with van der Waals surface area (Å²) in [6, 6.07) is 18.7. The maximum atomic E-state index is 12.5. The van der Waals surface area contributed by atoms with Crippen LogP contribution in [0.5, 0.6) is 0 Å². The Hall–Kier alpha value is -2.75. The van der Waals surface area contributed by atoms with Crippen LogP contribution in [0.15, 0.2) is 59.8 Å². The van der Waals surface area contributed by atoms with E-state index < -0.39 is 0 Å². The molecule has 8 nitrogen and oxygen atoms in total. The predicted molar refractivity (Wildman–Crippen MR) is 133 cm³/mol. The van der Waals surface area contributed by atoms with Crippen molar-refractivity contribution < 1.29 is 9.53 Å². The Morgan fingerprint density at radius 1 is 1.15 bits per heavy atom. The molecule has 180 valence electrons. The number of aryl methyl sites for hydroxylation is 1. The second kappa shape index (κ2) is 12.6. The first-order valence-corrected chi connectivity index (χ1v) is 12.8. The van der Waals surface area contributed by atoms with Gasteiger partial charge in [-0.2, -0.15) is 4.68 Å². The Bertz CT molecular complexity index is 1030. The Morgan fingerprint density at radius 3 is 2.76 bits per heavy atom. The molecule has 0 saturated carbocycles. The molecule has 1 aliphatic heterocycles. The summed E-state index contributed by atoms with van der Waals surface area (Å²) >= 11 is 1.33. The average Bonchev–Trinajstić information content (AvgIpc) is 3.35. The molecule has 1 atom stereocenters. The van der Waals surface area contributed by atoms with E-state index in [1.807, 2.05) is 18.2 Å². The van der Waals surface area contributed by atoms with E-state index in [0.717, 1.165) is 31.7 Å². The summed E-state index contributed by atoms with van der Waals surface area (Å²) in [4.78, 5) is 14.8. The number of carbonyl (C=O) groups is 1. The van der Waals surface area contributed by atoms with Crippen molar-refractivity contribution in [1.29, 1.82) is 0 Å². The van der Waals surface area contributed by atoms with Crippen molar-refractivity contribution >= 4 is 17.7 Å². The summed E-state index contributed by atoms with van der Waals surface area (Å²) < 4.78 is 7.53. The van der Waals surface area contributed by atoms with Gasteiger partial charge in [0.2, 0.25) is 11.1 Å². The van der Waals surface area contributed by atoms with Gasteiger partial charge in [-0.1, -0.05) is 67.6 Å². The fourth-order valence-electron chi connectivity index (χ4n) is 3.91. The third-order valence-electron chi connectivity index (χ3n) is 5.77. The summed E-state index contributed by atoms with van der Waals surface area (Å²) in [5.74, 6) is 0.188. The van der Waals surface area contributed by atoms with E-state index in [1.165, 1.54) is 35.7 Å². The fourth-order valence-corrected chi connectivity index (χ4v) is 4.63. The Morgan fingerprint density at radius 2 is 1.97 bits per heavy atom. The number of nitrogens with zero attached hydrogens (tertiary/aromatic N) is 5. The van der Waals surface area contributed by atoms with E-state index in [9.17, 15) is 4.79 Å². The van der Waals surface area contributed by atoms with E-state index >= 15 is 0 Å². The van der Waals surface area contributed by atoms with Crippen LogP contribution in [-0.2, 0) is 22.5 Å². The lowest BCUT2D eigenvalue weighted by molar-refractivity contribution is -0.119. The molecular formula is C25H32N6O2S. The summed E-state index contributed by atoms with van der Waals surface area (Å²) in [7, 11) is 0. The minimum Gasteiger partial charge on any atom is -0.374 e. The van der Waals surface area contributed by atoms with Gasteiger partial charge in [0.1, 0.15) is 0 Å². The molecule has 1 unspecified atom stereocenters. The van der Waals surface area contributed by atoms with Crippen molar-refractivity contribution in [2.24, 2.45) is 0 Å². The largest absolute Gasteiger partial charge is 0.374 e. The summed E-state index contributed by atoms with van der Waals surface area (Å²) in [6.45, 7) is 5.96. The van der Waals surface area contributed by atoms with Crippen molar-refractivity contribution in [2.75, 3.05) is 32.0 Å². The normalized spacial score (nSPS) is 16.4. The lowest BCUT2D eigenvalue weighted by atomic mass is 10.1. The minimum absolute atomic E-state index is 0.0112. The Balaban J connectivity index is 1.22. The number of thioether (sulfide) groups is 1. The molecule has 0 radical (unpaired) electrons. The van der Waals surface area contributed by atoms with Crippen molar-refractivity contribution in [3.63, 3.8) is 0 Å². The van der Waals surface area contributed by atoms with Gasteiger partial charge in [-0.3, -0.25) is 9.69 Å². The molecule has 1 saturated heterocycles. The number of amides is 1. The maximum absolute atomic E-state index is 12.5. The molecule has 1 aromatic heterocycles. The molecule has 9 heteroatoms. The van der Waals surface area contributed by atoms with E-state index in [0.29, 0.717) is 18.3 Å². The highest BCUT2D eigenvalue weighted by Crippen LogP contribution is 2.19. The van der Waals surface area contributed by atoms with Gasteiger partial charge in [-0.05, 0) is 46.5 Å². The molecule has 1 amide bonds. The van der Waals surface area contributed by atoms with Gasteiger partial charge < -0.3 is 10.1 Å². The second-order valence-corrected chi connectivity index (χ2v) is 9.39. The van der Waals surface area contributed by atoms with Gasteiger partial charge in [0.25, 0.3) is 0 Å². The number of aromatic nitrogens is 4. The van der Waals surface area contributed by atoms with Crippen molar-refractivity contribution in [3.05, 3.63) is 65.7 Å². The number of hydrogen-bond donors (Lipinski definition) is 1. The molecule has 0 spiro atoms. The summed E-state index contributed by atoms with van der Waals surface area (Å²) in [5.41, 5.74) is 3.48. The molecule has 34 heavy (non-hydrogen) atoms. The molecule has 0 bridgehead atoms. The van der Waals surface area contributed by atoms with Crippen LogP contribution >= 0.6 is 11.8 Å². The highest BCUT2D eigenvalue weighted by molar-refractivity contribution is 7.99. The molecule has 4 rings (SSSR count). The quantitative estimate of drug-likeness (QED) is 0.422. The van der Waals surface area contributed by atoms with Gasteiger partial charge in [0, 0.05) is 26.2 Å². The number of ether oxygens (including phenoxy) is 1. The van der Waals surface area contributed by atoms with Crippen molar-refractivity contribution in [1.82, 2.24) is 30.4 Å². The van der Waals surface area contributed by atoms with E-state index in [4.69, 9.17) is 4.74 Å². The predicted octanol–water partition coefficient (Wildman–Crippen LogP) is 3.11. The number of hydrogen-bond acceptors (Lipinski definition) is 7. The number of nitrogens with one attached hydrogen (secondary N) is 1. The second-order valence-electron chi connectivity index (χ2n) is 8.45. The molecule has 1 aliphatic rings. The van der Waals surface area contributed by atoms with Crippen LogP contribution < -0.4 is 5.32 Å². The molecule has 2 heterocycles. The standard InChI is InChI=1S/C25H32N6O2S/c1-2-3-7-20-10-12-22(13-11-20)31-25(27-28-29-31)34-19-24(32)26-16-23-18-30(14-15-33-23)17-21-8-5-4-6-9-21/h4-6,8-13,23H,2-3,7,14-19H2,1H3,(H,26,32). The highest BCUT2D eigenvalue weighted by Gasteiger charge is 2.21. The zero-order chi connectivity index (χ0) is 23.6. The Labute approximate surface area is 205 Å². The van der Waals surface area contributed by atoms with Crippen LogP contribution in [0.25, 0.3) is 5.69 Å². The van der Waals surface area contributed by atoms with Crippen LogP contribution in [0, 0.1) is 0 Å². The smallest absolute Gasteiger partial charge is 0.230 e. The summed E-state index contributed by atoms with van der Waals surface area (Å²) in [6.07, 6.45) is 3.42. The first-order chi connectivity index (χ1) is 16.7. The molecule has 3 aromatic rings. The first kappa shape index (κ1) is 24.4. The van der Waals surface area contributed by atoms with Crippen LogP contribution in [-0.4, -0.2) is 69.1 Å². The third kappa shape index (κ3) is 7.12. The minimum atomic E-state index is -0.0572. The first-order valence-electron chi connectivity index (χ1n) is 11.9. The fraction of sp³-hybridized carbons (Fsp3) is 0.440. The SMILES string of the molecule is CCCCc1ccc(-n2nnnc2SCC(=O)NCC2CN(Cc3ccccc3)CCO2)cc1. The van der Waals surface area contributed by atoms with E-state index in [1.54, 1.807) is 4.68 Å². The van der Waals surface area contributed by atoms with Crippen LogP contribution in [0.4, 0.5) is 0 Å². The third-order valence-corrected chi connectivity index (χ3v) is 6.69. The summed E-state index contributed by atoms with van der Waals surface area (Å²) in [5, 5.41) is 15.6. The van der Waals surface area contributed by atoms with Crippen LogP contribution in [0.2, 0.25) is 0 Å². The molecule has 1 N–H and O–H groups in total. The topological polar surface area (TPSA) is 85.2 Å². The van der Waals surface area contributed by atoms with E-state index in [-0.39, 0.29) is 17.8 Å². The number of tetrazole rings is 1. The molecule has 2 aromatic carbocycles. The Kier molecular flexibility index (Phi) is 9.06. The monoisotopic (exact) mass is 480 g/mol. The van der Waals surface area contributed by atoms with Crippen LogP contribution in [0.3, 0.4) is 0 Å². The average molecular weight is 481 g/mol. The lowest BCUT2D eigenvalue weighted by Gasteiger charge is -2.33.